The summed E-state index contributed by atoms with van der Waals surface area (Å²) in [4.78, 5) is 42.4. The van der Waals surface area contributed by atoms with Crippen molar-refractivity contribution in [2.24, 2.45) is 5.92 Å². The number of rotatable bonds is 5. The fourth-order valence-electron chi connectivity index (χ4n) is 3.76. The number of carbonyl (C=O) groups is 2. The summed E-state index contributed by atoms with van der Waals surface area (Å²) < 4.78 is 0. The number of anilines is 2. The van der Waals surface area contributed by atoms with Gasteiger partial charge in [-0.05, 0) is 54.8 Å². The van der Waals surface area contributed by atoms with Gasteiger partial charge in [-0.2, -0.15) is 0 Å². The van der Waals surface area contributed by atoms with Crippen molar-refractivity contribution >= 4 is 51.9 Å². The quantitative estimate of drug-likeness (QED) is 0.524. The first kappa shape index (κ1) is 19.6. The third-order valence-corrected chi connectivity index (χ3v) is 6.24. The van der Waals surface area contributed by atoms with E-state index in [-0.39, 0.29) is 11.1 Å². The lowest BCUT2D eigenvalue weighted by Crippen LogP contribution is -2.37. The minimum atomic E-state index is -0.382. The minimum absolute atomic E-state index is 0.352. The van der Waals surface area contributed by atoms with E-state index in [2.05, 4.69) is 35.5 Å². The van der Waals surface area contributed by atoms with E-state index >= 15 is 0 Å². The first-order valence-corrected chi connectivity index (χ1v) is 11.0. The van der Waals surface area contributed by atoms with Gasteiger partial charge in [0.15, 0.2) is 0 Å². The molecule has 10 heteroatoms. The van der Waals surface area contributed by atoms with Crippen LogP contribution in [-0.4, -0.2) is 50.7 Å². The van der Waals surface area contributed by atoms with E-state index in [1.54, 1.807) is 18.3 Å². The van der Waals surface area contributed by atoms with Crippen molar-refractivity contribution in [1.29, 1.82) is 0 Å². The van der Waals surface area contributed by atoms with E-state index in [1.807, 2.05) is 24.3 Å². The Morgan fingerprint density at radius 1 is 1.16 bits per heavy atom. The largest absolute Gasteiger partial charge is 0.356 e. The number of imidazole rings is 1. The second-order valence-corrected chi connectivity index (χ2v) is 8.56. The average molecular weight is 436 g/mol. The number of hydrogen-bond donors (Lipinski definition) is 3. The topological polar surface area (TPSA) is 116 Å². The molecule has 5 rings (SSSR count). The van der Waals surface area contributed by atoms with Gasteiger partial charge in [-0.25, -0.2) is 15.0 Å². The van der Waals surface area contributed by atoms with Crippen LogP contribution in [0.5, 0.6) is 0 Å². The Kier molecular flexibility index (Phi) is 5.29. The highest BCUT2D eigenvalue weighted by Crippen LogP contribution is 2.26. The van der Waals surface area contributed by atoms with E-state index in [0.717, 1.165) is 61.2 Å². The highest BCUT2D eigenvalue weighted by atomic mass is 32.2. The second kappa shape index (κ2) is 8.38. The number of thioether (sulfide) groups is 1. The Balaban J connectivity index is 1.17. The number of nitrogens with one attached hydrogen (secondary N) is 3. The van der Waals surface area contributed by atoms with Crippen LogP contribution < -0.4 is 15.5 Å². The number of amides is 2. The predicted molar refractivity (Wildman–Crippen MR) is 121 cm³/mol. The number of para-hydroxylation sites is 2. The summed E-state index contributed by atoms with van der Waals surface area (Å²) in [5, 5.41) is 5.32. The van der Waals surface area contributed by atoms with Crippen LogP contribution in [-0.2, 0) is 4.79 Å². The number of benzene rings is 1. The summed E-state index contributed by atoms with van der Waals surface area (Å²) in [5.74, 6) is 1.61. The maximum atomic E-state index is 11.7. The maximum Gasteiger partial charge on any atom is 0.290 e. The highest BCUT2D eigenvalue weighted by Gasteiger charge is 2.25. The zero-order chi connectivity index (χ0) is 21.2. The number of fused-ring (bicyclic) bond motifs is 1. The van der Waals surface area contributed by atoms with Crippen molar-refractivity contribution in [3.05, 3.63) is 47.1 Å². The molecule has 9 nitrogen and oxygen atoms in total. The monoisotopic (exact) mass is 435 g/mol. The highest BCUT2D eigenvalue weighted by molar-refractivity contribution is 8.18. The molecular formula is C21H21N7O2S. The van der Waals surface area contributed by atoms with Gasteiger partial charge in [0, 0.05) is 25.8 Å². The molecule has 158 valence electrons. The van der Waals surface area contributed by atoms with Crippen LogP contribution in [0.25, 0.3) is 17.1 Å². The Morgan fingerprint density at radius 3 is 2.77 bits per heavy atom. The number of imide groups is 1. The molecule has 0 spiro atoms. The van der Waals surface area contributed by atoms with Crippen molar-refractivity contribution in [2.75, 3.05) is 29.9 Å². The fraction of sp³-hybridized carbons (Fsp3) is 0.286. The van der Waals surface area contributed by atoms with Crippen molar-refractivity contribution in [3.8, 4) is 0 Å². The van der Waals surface area contributed by atoms with E-state index in [4.69, 9.17) is 0 Å². The van der Waals surface area contributed by atoms with Gasteiger partial charge >= 0.3 is 0 Å². The molecule has 3 N–H and O–H groups in total. The molecule has 1 aromatic carbocycles. The number of hydrogen-bond acceptors (Lipinski definition) is 8. The van der Waals surface area contributed by atoms with Crippen LogP contribution in [0.1, 0.15) is 18.5 Å². The van der Waals surface area contributed by atoms with E-state index in [0.29, 0.717) is 22.5 Å². The first-order valence-electron chi connectivity index (χ1n) is 10.2. The molecule has 2 aliphatic rings. The number of aromatic nitrogens is 4. The third kappa shape index (κ3) is 4.38. The summed E-state index contributed by atoms with van der Waals surface area (Å²) in [6.45, 7) is 2.58. The molecule has 0 atom stereocenters. The molecule has 4 heterocycles. The van der Waals surface area contributed by atoms with Gasteiger partial charge in [-0.15, -0.1) is 0 Å². The molecule has 2 aliphatic heterocycles. The summed E-state index contributed by atoms with van der Waals surface area (Å²) >= 11 is 0.888. The smallest absolute Gasteiger partial charge is 0.290 e. The predicted octanol–water partition coefficient (Wildman–Crippen LogP) is 3.01. The number of aromatic amines is 1. The van der Waals surface area contributed by atoms with Crippen LogP contribution in [0.15, 0.2) is 41.4 Å². The summed E-state index contributed by atoms with van der Waals surface area (Å²) in [7, 11) is 0. The lowest BCUT2D eigenvalue weighted by Gasteiger charge is -2.32. The van der Waals surface area contributed by atoms with E-state index < -0.39 is 0 Å². The van der Waals surface area contributed by atoms with Crippen LogP contribution in [0.2, 0.25) is 0 Å². The Labute approximate surface area is 182 Å². The Hall–Kier alpha value is -3.40. The molecule has 2 saturated heterocycles. The summed E-state index contributed by atoms with van der Waals surface area (Å²) in [5.41, 5.74) is 2.61. The normalized spacial score (nSPS) is 18.7. The number of H-pyrrole nitrogens is 1. The van der Waals surface area contributed by atoms with Crippen molar-refractivity contribution in [1.82, 2.24) is 25.3 Å². The van der Waals surface area contributed by atoms with E-state index in [1.165, 1.54) is 0 Å². The molecule has 0 radical (unpaired) electrons. The maximum absolute atomic E-state index is 11.7. The molecule has 2 amide bonds. The summed E-state index contributed by atoms with van der Waals surface area (Å²) in [6.07, 6.45) is 5.35. The molecule has 0 unspecified atom stereocenters. The SMILES string of the molecule is O=C1NC(=O)/C(=C/c2ccnc(N3CCC(CNc4nc5ccccc5[nH]4)CC3)n2)S1. The third-order valence-electron chi connectivity index (χ3n) is 5.43. The van der Waals surface area contributed by atoms with Crippen LogP contribution in [0, 0.1) is 5.92 Å². The van der Waals surface area contributed by atoms with Gasteiger partial charge in [0.05, 0.1) is 21.6 Å². The average Bonchev–Trinajstić information content (AvgIpc) is 3.34. The van der Waals surface area contributed by atoms with Crippen LogP contribution in [0.4, 0.5) is 16.7 Å². The van der Waals surface area contributed by atoms with Gasteiger partial charge in [-0.1, -0.05) is 12.1 Å². The van der Waals surface area contributed by atoms with Crippen LogP contribution >= 0.6 is 11.8 Å². The summed E-state index contributed by atoms with van der Waals surface area (Å²) in [6, 6.07) is 9.73. The molecule has 2 fully saturated rings. The zero-order valence-electron chi connectivity index (χ0n) is 16.7. The van der Waals surface area contributed by atoms with Gasteiger partial charge in [0.25, 0.3) is 11.1 Å². The molecular weight excluding hydrogens is 414 g/mol. The standard InChI is InChI=1S/C21H21N7O2S/c29-18-17(31-21(30)27-18)11-14-5-8-22-20(24-14)28-9-6-13(7-10-28)12-23-19-25-15-3-1-2-4-16(15)26-19/h1-5,8,11,13H,6-7,9-10,12H2,(H2,23,25,26)(H,27,29,30)/b17-11-. The van der Waals surface area contributed by atoms with Gasteiger partial charge in [-0.3, -0.25) is 14.9 Å². The number of piperidine rings is 1. The van der Waals surface area contributed by atoms with Crippen molar-refractivity contribution in [2.45, 2.75) is 12.8 Å². The Morgan fingerprint density at radius 2 is 2.00 bits per heavy atom. The van der Waals surface area contributed by atoms with Gasteiger partial charge in [0.2, 0.25) is 11.9 Å². The van der Waals surface area contributed by atoms with Crippen molar-refractivity contribution in [3.63, 3.8) is 0 Å². The van der Waals surface area contributed by atoms with E-state index in [9.17, 15) is 9.59 Å². The molecule has 0 bridgehead atoms. The molecule has 3 aromatic rings. The lowest BCUT2D eigenvalue weighted by atomic mass is 9.97. The lowest BCUT2D eigenvalue weighted by molar-refractivity contribution is -0.115. The minimum Gasteiger partial charge on any atom is -0.356 e. The number of carbonyl (C=O) groups excluding carboxylic acids is 2. The molecule has 31 heavy (non-hydrogen) atoms. The zero-order valence-corrected chi connectivity index (χ0v) is 17.5. The first-order chi connectivity index (χ1) is 15.1. The molecule has 0 saturated carbocycles. The van der Waals surface area contributed by atoms with Crippen molar-refractivity contribution < 1.29 is 9.59 Å². The number of nitrogens with zero attached hydrogens (tertiary/aromatic N) is 4. The van der Waals surface area contributed by atoms with Gasteiger partial charge < -0.3 is 15.2 Å². The molecule has 2 aromatic heterocycles. The Bertz CT molecular complexity index is 1130. The fourth-order valence-corrected chi connectivity index (χ4v) is 4.43. The second-order valence-electron chi connectivity index (χ2n) is 7.55. The van der Waals surface area contributed by atoms with Gasteiger partial charge in [0.1, 0.15) is 0 Å². The van der Waals surface area contributed by atoms with Crippen LogP contribution in [0.3, 0.4) is 0 Å². The molecule has 0 aliphatic carbocycles.